The third kappa shape index (κ3) is 22.4. The van der Waals surface area contributed by atoms with E-state index in [2.05, 4.69) is 18.9 Å². The average molecular weight is 957 g/mol. The second kappa shape index (κ2) is 27.0. The number of hydrogen-bond donors (Lipinski definition) is 0. The number of ether oxygens (including phenoxy) is 4. The van der Waals surface area contributed by atoms with Crippen LogP contribution >= 0.6 is 0 Å². The number of methoxy groups -OCH3 is 1. The van der Waals surface area contributed by atoms with Gasteiger partial charge in [-0.25, -0.2) is 17.6 Å². The van der Waals surface area contributed by atoms with Gasteiger partial charge in [0, 0.05) is 95.7 Å². The Morgan fingerprint density at radius 2 is 0.700 bits per heavy atom. The van der Waals surface area contributed by atoms with Crippen molar-refractivity contribution < 1.29 is 103 Å². The van der Waals surface area contributed by atoms with E-state index in [-0.39, 0.29) is 12.8 Å². The van der Waals surface area contributed by atoms with Gasteiger partial charge in [-0.15, -0.1) is 0 Å². The van der Waals surface area contributed by atoms with E-state index in [9.17, 15) is 35.1 Å². The van der Waals surface area contributed by atoms with Crippen LogP contribution in [0.5, 0.6) is 0 Å². The fourth-order valence-electron chi connectivity index (χ4n) is 6.75. The standard InChI is InChI=1S/C34H66F10O13Si3/c1-45-33(41,42)27-56-26-31(37,38)24-32(39,40)57-34(43,44)28-55-25-30(35,36)20-13-17-29(18-14-22-59(49-5,50-6)51-7,19-15-23-60(52-8,53-9)54-10)16-11-12-21-58(46-2,47-3)48-4/h11-28H2,1-10H3. The van der Waals surface area contributed by atoms with Crippen molar-refractivity contribution in [2.75, 3.05) is 97.5 Å². The Hall–Kier alpha value is -0.569. The number of rotatable bonds is 39. The molecule has 0 bridgehead atoms. The first-order valence-corrected chi connectivity index (χ1v) is 24.8. The van der Waals surface area contributed by atoms with E-state index in [1.165, 1.54) is 64.0 Å². The molecule has 0 unspecified atom stereocenters. The van der Waals surface area contributed by atoms with Crippen LogP contribution in [0.1, 0.15) is 70.6 Å². The molecular formula is C34H66F10O13Si3. The van der Waals surface area contributed by atoms with Crippen LogP contribution < -0.4 is 0 Å². The van der Waals surface area contributed by atoms with Crippen molar-refractivity contribution in [3.8, 4) is 0 Å². The zero-order valence-corrected chi connectivity index (χ0v) is 39.3. The molecule has 0 aromatic heterocycles. The molecule has 0 atom stereocenters. The zero-order chi connectivity index (χ0) is 46.4. The molecule has 0 rings (SSSR count). The van der Waals surface area contributed by atoms with Crippen molar-refractivity contribution in [1.82, 2.24) is 0 Å². The van der Waals surface area contributed by atoms with Gasteiger partial charge < -0.3 is 54.0 Å². The predicted octanol–water partition coefficient (Wildman–Crippen LogP) is 8.64. The van der Waals surface area contributed by atoms with E-state index >= 15 is 8.78 Å². The fraction of sp³-hybridized carbons (Fsp3) is 1.00. The van der Waals surface area contributed by atoms with Gasteiger partial charge in [0.05, 0.1) is 0 Å². The summed E-state index contributed by atoms with van der Waals surface area (Å²) in [6.45, 7) is -7.51. The maximum absolute atomic E-state index is 15.1. The Labute approximate surface area is 350 Å². The van der Waals surface area contributed by atoms with Gasteiger partial charge in [-0.3, -0.25) is 4.74 Å². The van der Waals surface area contributed by atoms with Crippen molar-refractivity contribution in [3.05, 3.63) is 0 Å². The Balaban J connectivity index is 5.97. The molecule has 0 aromatic carbocycles. The van der Waals surface area contributed by atoms with Crippen LogP contribution in [0, 0.1) is 5.41 Å². The van der Waals surface area contributed by atoms with Gasteiger partial charge in [-0.05, 0) is 56.8 Å². The Kier molecular flexibility index (Phi) is 26.8. The molecule has 13 nitrogen and oxygen atoms in total. The largest absolute Gasteiger partial charge is 0.500 e. The van der Waals surface area contributed by atoms with Gasteiger partial charge >= 0.3 is 44.7 Å². The highest BCUT2D eigenvalue weighted by atomic mass is 28.4. The number of halogens is 10. The molecule has 0 saturated heterocycles. The highest BCUT2D eigenvalue weighted by molar-refractivity contribution is 6.61. The lowest BCUT2D eigenvalue weighted by atomic mass is 9.71. The molecule has 0 aliphatic heterocycles. The minimum Gasteiger partial charge on any atom is -0.377 e. The van der Waals surface area contributed by atoms with Crippen LogP contribution in [-0.2, 0) is 58.8 Å². The summed E-state index contributed by atoms with van der Waals surface area (Å²) < 4.78 is 206. The van der Waals surface area contributed by atoms with Gasteiger partial charge in [0.15, 0.2) is 0 Å². The summed E-state index contributed by atoms with van der Waals surface area (Å²) in [6.07, 6.45) is -13.8. The van der Waals surface area contributed by atoms with Crippen molar-refractivity contribution >= 4 is 26.4 Å². The molecule has 60 heavy (non-hydrogen) atoms. The number of alkyl halides is 10. The summed E-state index contributed by atoms with van der Waals surface area (Å²) in [6, 6.07) is 1.31. The minimum absolute atomic E-state index is 0.121. The average Bonchev–Trinajstić information content (AvgIpc) is 3.17. The molecule has 0 saturated carbocycles. The molecule has 0 aromatic rings. The molecule has 0 radical (unpaired) electrons. The van der Waals surface area contributed by atoms with Crippen LogP contribution in [0.3, 0.4) is 0 Å². The summed E-state index contributed by atoms with van der Waals surface area (Å²) in [5.74, 6) is -8.34. The van der Waals surface area contributed by atoms with Gasteiger partial charge in [-0.1, -0.05) is 6.42 Å². The zero-order valence-electron chi connectivity index (χ0n) is 36.3. The molecule has 0 heterocycles. The van der Waals surface area contributed by atoms with Gasteiger partial charge in [0.1, 0.15) is 32.8 Å². The van der Waals surface area contributed by atoms with Crippen LogP contribution in [0.25, 0.3) is 0 Å². The molecule has 0 amide bonds. The normalized spacial score (nSPS) is 14.4. The molecule has 0 aliphatic carbocycles. The first kappa shape index (κ1) is 59.4. The summed E-state index contributed by atoms with van der Waals surface area (Å²) in [7, 11) is 4.86. The van der Waals surface area contributed by atoms with Gasteiger partial charge in [0.25, 0.3) is 11.8 Å². The molecular weight excluding hydrogens is 891 g/mol. The van der Waals surface area contributed by atoms with Crippen LogP contribution in [0.4, 0.5) is 43.9 Å². The van der Waals surface area contributed by atoms with Crippen molar-refractivity contribution in [1.29, 1.82) is 0 Å². The molecule has 0 aliphatic rings. The van der Waals surface area contributed by atoms with Crippen LogP contribution in [0.2, 0.25) is 18.1 Å². The third-order valence-corrected chi connectivity index (χ3v) is 18.6. The molecule has 26 heteroatoms. The van der Waals surface area contributed by atoms with E-state index < -0.39 is 101 Å². The maximum atomic E-state index is 15.1. The molecule has 0 N–H and O–H groups in total. The van der Waals surface area contributed by atoms with E-state index in [4.69, 9.17) is 39.8 Å². The number of unbranched alkanes of at least 4 members (excludes halogenated alkanes) is 1. The summed E-state index contributed by atoms with van der Waals surface area (Å²) in [4.78, 5) is 0. The Morgan fingerprint density at radius 3 is 1.10 bits per heavy atom. The second-order valence-corrected chi connectivity index (χ2v) is 23.5. The van der Waals surface area contributed by atoms with E-state index in [0.29, 0.717) is 70.2 Å². The molecule has 0 fully saturated rings. The number of hydrogen-bond acceptors (Lipinski definition) is 13. The fourth-order valence-corrected chi connectivity index (χ4v) is 12.0. The highest BCUT2D eigenvalue weighted by Gasteiger charge is 2.52. The maximum Gasteiger partial charge on any atom is 0.500 e. The predicted molar refractivity (Wildman–Crippen MR) is 202 cm³/mol. The highest BCUT2D eigenvalue weighted by Crippen LogP contribution is 2.44. The van der Waals surface area contributed by atoms with E-state index in [1.807, 2.05) is 0 Å². The summed E-state index contributed by atoms with van der Waals surface area (Å²) in [5.41, 5.74) is -0.580. The first-order chi connectivity index (χ1) is 27.8. The minimum atomic E-state index is -5.24. The van der Waals surface area contributed by atoms with Crippen LogP contribution in [-0.4, -0.2) is 154 Å². The lowest BCUT2D eigenvalue weighted by Crippen LogP contribution is -2.43. The van der Waals surface area contributed by atoms with E-state index in [1.54, 1.807) is 0 Å². The monoisotopic (exact) mass is 956 g/mol. The van der Waals surface area contributed by atoms with Crippen LogP contribution in [0.15, 0.2) is 0 Å². The van der Waals surface area contributed by atoms with Gasteiger partial charge in [-0.2, -0.15) is 26.3 Å². The Bertz CT molecular complexity index is 1090. The summed E-state index contributed by atoms with van der Waals surface area (Å²) in [5, 5.41) is 0. The lowest BCUT2D eigenvalue weighted by molar-refractivity contribution is -0.397. The topological polar surface area (TPSA) is 120 Å². The van der Waals surface area contributed by atoms with E-state index in [0.717, 1.165) is 0 Å². The molecule has 0 spiro atoms. The Morgan fingerprint density at radius 1 is 0.350 bits per heavy atom. The first-order valence-electron chi connectivity index (χ1n) is 19.0. The van der Waals surface area contributed by atoms with Gasteiger partial charge in [0.2, 0.25) is 0 Å². The van der Waals surface area contributed by atoms with Crippen molar-refractivity contribution in [3.63, 3.8) is 0 Å². The smallest absolute Gasteiger partial charge is 0.377 e. The molecule has 362 valence electrons. The summed E-state index contributed by atoms with van der Waals surface area (Å²) >= 11 is 0. The quantitative estimate of drug-likeness (QED) is 0.0333. The van der Waals surface area contributed by atoms with Crippen molar-refractivity contribution in [2.45, 2.75) is 119 Å². The third-order valence-electron chi connectivity index (χ3n) is 10.1. The second-order valence-electron chi connectivity index (χ2n) is 14.2. The lowest BCUT2D eigenvalue weighted by Gasteiger charge is -2.37. The van der Waals surface area contributed by atoms with Crippen molar-refractivity contribution in [2.24, 2.45) is 5.41 Å². The SMILES string of the molecule is COC(F)(F)COCC(F)(F)CC(F)(F)OC(F)(F)COCC(F)(F)CCCC(CCCC[Si](OC)(OC)OC)(CCC[Si](OC)(OC)OC)CCC[Si](OC)(OC)OC.